The minimum atomic E-state index is -0.897. The number of ether oxygens (including phenoxy) is 1. The SMILES string of the molecule is CC(C)c1cc(Oc2c(Cl)cc(-n3nc(C#N)c(=O)[nH]c3=O)cc2Cl)nn2nnnc12. The minimum absolute atomic E-state index is 0.0330. The van der Waals surface area contributed by atoms with Gasteiger partial charge in [-0.15, -0.1) is 19.9 Å². The van der Waals surface area contributed by atoms with Gasteiger partial charge in [-0.3, -0.25) is 9.78 Å². The van der Waals surface area contributed by atoms with Crippen LogP contribution in [-0.2, 0) is 0 Å². The summed E-state index contributed by atoms with van der Waals surface area (Å²) in [6.45, 7) is 3.93. The second kappa shape index (κ2) is 7.78. The molecule has 0 amide bonds. The van der Waals surface area contributed by atoms with E-state index in [0.717, 1.165) is 10.2 Å². The second-order valence-electron chi connectivity index (χ2n) is 6.56. The number of benzene rings is 1. The van der Waals surface area contributed by atoms with Gasteiger partial charge in [0.25, 0.3) is 5.56 Å². The van der Waals surface area contributed by atoms with Gasteiger partial charge < -0.3 is 4.74 Å². The number of rotatable bonds is 4. The molecule has 1 N–H and O–H groups in total. The molecule has 0 atom stereocenters. The second-order valence-corrected chi connectivity index (χ2v) is 7.37. The molecular formula is C17H11Cl2N9O3. The maximum absolute atomic E-state index is 12.1. The zero-order valence-corrected chi connectivity index (χ0v) is 17.4. The van der Waals surface area contributed by atoms with Crippen LogP contribution in [0.25, 0.3) is 11.3 Å². The number of nitriles is 1. The first-order valence-electron chi connectivity index (χ1n) is 8.69. The Bertz CT molecular complexity index is 1460. The van der Waals surface area contributed by atoms with Gasteiger partial charge in [-0.2, -0.15) is 9.94 Å². The summed E-state index contributed by atoms with van der Waals surface area (Å²) in [7, 11) is 0. The number of halogens is 2. The van der Waals surface area contributed by atoms with Gasteiger partial charge in [0.15, 0.2) is 5.75 Å². The van der Waals surface area contributed by atoms with Crippen molar-refractivity contribution in [1.82, 2.24) is 40.0 Å². The van der Waals surface area contributed by atoms with Gasteiger partial charge in [0.1, 0.15) is 6.07 Å². The molecule has 14 heteroatoms. The first-order chi connectivity index (χ1) is 14.8. The number of tetrazole rings is 1. The molecule has 0 radical (unpaired) electrons. The van der Waals surface area contributed by atoms with E-state index in [-0.39, 0.29) is 33.3 Å². The van der Waals surface area contributed by atoms with Gasteiger partial charge >= 0.3 is 5.69 Å². The Labute approximate surface area is 182 Å². The molecule has 3 aromatic heterocycles. The van der Waals surface area contributed by atoms with Crippen molar-refractivity contribution in [2.75, 3.05) is 0 Å². The average Bonchev–Trinajstić information content (AvgIpc) is 3.18. The standard InChI is InChI=1S/C17H11Cl2N9O3/c1-7(2)9-5-13(24-28-15(9)22-25-26-28)31-14-10(18)3-8(4-11(14)19)27-17(30)21-16(29)12(6-20)23-27/h3-5,7H,1-2H3,(H,21,29,30). The topological polar surface area (TPSA) is 157 Å². The van der Waals surface area contributed by atoms with Gasteiger partial charge in [0, 0.05) is 11.6 Å². The number of nitrogens with zero attached hydrogens (tertiary/aromatic N) is 8. The minimum Gasteiger partial charge on any atom is -0.434 e. The van der Waals surface area contributed by atoms with E-state index in [4.69, 9.17) is 33.2 Å². The lowest BCUT2D eigenvalue weighted by Gasteiger charge is -2.13. The van der Waals surface area contributed by atoms with Gasteiger partial charge in [0.05, 0.1) is 15.7 Å². The zero-order chi connectivity index (χ0) is 22.3. The van der Waals surface area contributed by atoms with Crippen molar-refractivity contribution in [1.29, 1.82) is 5.26 Å². The Morgan fingerprint density at radius 2 is 1.87 bits per heavy atom. The fourth-order valence-electron chi connectivity index (χ4n) is 2.74. The molecule has 1 aromatic carbocycles. The van der Waals surface area contributed by atoms with Crippen LogP contribution in [0.15, 0.2) is 27.8 Å². The number of fused-ring (bicyclic) bond motifs is 1. The summed E-state index contributed by atoms with van der Waals surface area (Å²) in [6, 6.07) is 5.96. The lowest BCUT2D eigenvalue weighted by Crippen LogP contribution is -2.33. The number of hydrogen-bond donors (Lipinski definition) is 1. The van der Waals surface area contributed by atoms with Crippen LogP contribution in [0.5, 0.6) is 11.6 Å². The predicted octanol–water partition coefficient (Wildman–Crippen LogP) is 1.85. The fourth-order valence-corrected chi connectivity index (χ4v) is 3.29. The number of aromatic nitrogens is 8. The molecule has 0 aliphatic rings. The molecule has 4 rings (SSSR count). The predicted molar refractivity (Wildman–Crippen MR) is 108 cm³/mol. The quantitative estimate of drug-likeness (QED) is 0.480. The largest absolute Gasteiger partial charge is 0.434 e. The Morgan fingerprint density at radius 1 is 1.16 bits per heavy atom. The summed E-state index contributed by atoms with van der Waals surface area (Å²) in [5.74, 6) is 0.297. The van der Waals surface area contributed by atoms with Crippen molar-refractivity contribution in [3.8, 4) is 23.4 Å². The Kier molecular flexibility index (Phi) is 5.14. The van der Waals surface area contributed by atoms with Gasteiger partial charge in [-0.1, -0.05) is 37.0 Å². The molecule has 12 nitrogen and oxygen atoms in total. The molecule has 4 aromatic rings. The number of hydrogen-bond acceptors (Lipinski definition) is 9. The van der Waals surface area contributed by atoms with Crippen LogP contribution in [0.2, 0.25) is 10.0 Å². The number of nitrogens with one attached hydrogen (secondary N) is 1. The molecule has 0 saturated carbocycles. The van der Waals surface area contributed by atoms with E-state index in [1.54, 1.807) is 12.1 Å². The van der Waals surface area contributed by atoms with Crippen molar-refractivity contribution >= 4 is 28.8 Å². The van der Waals surface area contributed by atoms with Crippen LogP contribution in [0.4, 0.5) is 0 Å². The van der Waals surface area contributed by atoms with Crippen LogP contribution >= 0.6 is 23.2 Å². The fraction of sp³-hybridized carbons (Fsp3) is 0.176. The molecule has 31 heavy (non-hydrogen) atoms. The third-order valence-electron chi connectivity index (χ3n) is 4.17. The molecule has 0 unspecified atom stereocenters. The van der Waals surface area contributed by atoms with Crippen molar-refractivity contribution in [3.63, 3.8) is 0 Å². The monoisotopic (exact) mass is 459 g/mol. The van der Waals surface area contributed by atoms with E-state index in [9.17, 15) is 9.59 Å². The lowest BCUT2D eigenvalue weighted by molar-refractivity contribution is 0.445. The molecule has 3 heterocycles. The highest BCUT2D eigenvalue weighted by molar-refractivity contribution is 6.37. The van der Waals surface area contributed by atoms with Crippen molar-refractivity contribution < 1.29 is 4.74 Å². The Hall–Kier alpha value is -3.82. The summed E-state index contributed by atoms with van der Waals surface area (Å²) in [4.78, 5) is 25.6. The highest BCUT2D eigenvalue weighted by Gasteiger charge is 2.18. The lowest BCUT2D eigenvalue weighted by atomic mass is 10.1. The number of H-pyrrole nitrogens is 1. The first-order valence-corrected chi connectivity index (χ1v) is 9.44. The van der Waals surface area contributed by atoms with Crippen LogP contribution in [0.1, 0.15) is 31.0 Å². The summed E-state index contributed by atoms with van der Waals surface area (Å²) in [5.41, 5.74) is -0.846. The number of aromatic amines is 1. The van der Waals surface area contributed by atoms with E-state index in [1.807, 2.05) is 18.8 Å². The molecule has 0 aliphatic heterocycles. The maximum Gasteiger partial charge on any atom is 0.349 e. The highest BCUT2D eigenvalue weighted by Crippen LogP contribution is 2.38. The summed E-state index contributed by atoms with van der Waals surface area (Å²) < 4.78 is 7.81. The van der Waals surface area contributed by atoms with E-state index in [0.29, 0.717) is 5.65 Å². The smallest absolute Gasteiger partial charge is 0.349 e. The van der Waals surface area contributed by atoms with Gasteiger partial charge in [0.2, 0.25) is 17.2 Å². The molecule has 0 saturated heterocycles. The van der Waals surface area contributed by atoms with Gasteiger partial charge in [-0.05, 0) is 28.5 Å². The van der Waals surface area contributed by atoms with Gasteiger partial charge in [-0.25, -0.2) is 4.79 Å². The van der Waals surface area contributed by atoms with E-state index in [2.05, 4.69) is 25.7 Å². The zero-order valence-electron chi connectivity index (χ0n) is 15.9. The molecule has 156 valence electrons. The van der Waals surface area contributed by atoms with Crippen molar-refractivity contribution in [2.24, 2.45) is 0 Å². The third kappa shape index (κ3) is 3.72. The third-order valence-corrected chi connectivity index (χ3v) is 4.74. The van der Waals surface area contributed by atoms with E-state index < -0.39 is 16.9 Å². The molecule has 0 aliphatic carbocycles. The van der Waals surface area contributed by atoms with Crippen LogP contribution < -0.4 is 16.0 Å². The molecule has 0 spiro atoms. The average molecular weight is 460 g/mol. The normalized spacial score (nSPS) is 11.1. The Morgan fingerprint density at radius 3 is 2.52 bits per heavy atom. The summed E-state index contributed by atoms with van der Waals surface area (Å²) >= 11 is 12.7. The molecular weight excluding hydrogens is 449 g/mol. The van der Waals surface area contributed by atoms with E-state index in [1.165, 1.54) is 16.8 Å². The van der Waals surface area contributed by atoms with Crippen molar-refractivity contribution in [2.45, 2.75) is 19.8 Å². The summed E-state index contributed by atoms with van der Waals surface area (Å²) in [5, 5.41) is 28.3. The van der Waals surface area contributed by atoms with E-state index >= 15 is 0 Å². The Balaban J connectivity index is 1.78. The van der Waals surface area contributed by atoms with Crippen LogP contribution in [0, 0.1) is 11.3 Å². The molecule has 0 fully saturated rings. The first kappa shape index (κ1) is 20.5. The molecule has 0 bridgehead atoms. The van der Waals surface area contributed by atoms with Crippen LogP contribution in [-0.4, -0.2) is 40.0 Å². The van der Waals surface area contributed by atoms with Crippen LogP contribution in [0.3, 0.4) is 0 Å². The highest BCUT2D eigenvalue weighted by atomic mass is 35.5. The van der Waals surface area contributed by atoms with Crippen molar-refractivity contribution in [3.05, 3.63) is 60.3 Å². The summed E-state index contributed by atoms with van der Waals surface area (Å²) in [6.07, 6.45) is 0. The maximum atomic E-state index is 12.1.